The lowest BCUT2D eigenvalue weighted by molar-refractivity contribution is -0.141. The first kappa shape index (κ1) is 16.3. The minimum atomic E-state index is -4.73. The summed E-state index contributed by atoms with van der Waals surface area (Å²) in [5.41, 5.74) is -2.40. The Hall–Kier alpha value is -2.12. The van der Waals surface area contributed by atoms with Gasteiger partial charge in [0.25, 0.3) is 0 Å². The second-order valence-electron chi connectivity index (χ2n) is 4.73. The van der Waals surface area contributed by atoms with Crippen LogP contribution in [0.25, 0.3) is 0 Å². The van der Waals surface area contributed by atoms with E-state index in [4.69, 9.17) is 0 Å². The summed E-state index contributed by atoms with van der Waals surface area (Å²) in [6, 6.07) is 1.93. The second kappa shape index (κ2) is 5.58. The summed E-state index contributed by atoms with van der Waals surface area (Å²) in [5, 5.41) is 0. The van der Waals surface area contributed by atoms with Gasteiger partial charge in [-0.3, -0.25) is 9.97 Å². The molecule has 0 fully saturated rings. The Morgan fingerprint density at radius 2 is 1.64 bits per heavy atom. The fourth-order valence-corrected chi connectivity index (χ4v) is 2.07. The monoisotopic (exact) mass is 320 g/mol. The molecule has 0 N–H and O–H groups in total. The molecule has 0 saturated carbocycles. The van der Waals surface area contributed by atoms with E-state index >= 15 is 0 Å². The van der Waals surface area contributed by atoms with Crippen LogP contribution in [0.5, 0.6) is 0 Å². The van der Waals surface area contributed by atoms with Crippen molar-refractivity contribution in [2.45, 2.75) is 25.7 Å². The normalized spacial score (nSPS) is 12.5. The number of pyridine rings is 2. The molecule has 0 aliphatic rings. The Morgan fingerprint density at radius 1 is 0.955 bits per heavy atom. The number of aryl methyl sites for hydroxylation is 1. The lowest BCUT2D eigenvalue weighted by Crippen LogP contribution is -2.15. The number of aromatic nitrogens is 2. The molecule has 0 aliphatic heterocycles. The highest BCUT2D eigenvalue weighted by atomic mass is 19.4. The largest absolute Gasteiger partial charge is 0.433 e. The standard InChI is InChI=1S/C14H10F6N2/c1-8-4-9(12(22-6-8)14(18,19)20)5-10-7-21-3-2-11(10)13(15,16)17/h2-4,6-7H,5H2,1H3. The Balaban J connectivity index is 2.51. The SMILES string of the molecule is Cc1cnc(C(F)(F)F)c(Cc2cnccc2C(F)(F)F)c1. The van der Waals surface area contributed by atoms with Crippen molar-refractivity contribution < 1.29 is 26.3 Å². The number of nitrogens with zero attached hydrogens (tertiary/aromatic N) is 2. The van der Waals surface area contributed by atoms with Gasteiger partial charge in [0.2, 0.25) is 0 Å². The van der Waals surface area contributed by atoms with Crippen molar-refractivity contribution >= 4 is 0 Å². The van der Waals surface area contributed by atoms with Gasteiger partial charge in [0, 0.05) is 25.0 Å². The highest BCUT2D eigenvalue weighted by Gasteiger charge is 2.37. The van der Waals surface area contributed by atoms with Crippen molar-refractivity contribution in [1.29, 1.82) is 0 Å². The van der Waals surface area contributed by atoms with E-state index in [2.05, 4.69) is 9.97 Å². The van der Waals surface area contributed by atoms with Gasteiger partial charge in [0.1, 0.15) is 5.69 Å². The predicted octanol–water partition coefficient (Wildman–Crippen LogP) is 4.41. The number of hydrogen-bond acceptors (Lipinski definition) is 2. The molecule has 2 aromatic heterocycles. The van der Waals surface area contributed by atoms with Crippen LogP contribution in [0.4, 0.5) is 26.3 Å². The lowest BCUT2D eigenvalue weighted by atomic mass is 9.99. The minimum absolute atomic E-state index is 0.314. The van der Waals surface area contributed by atoms with E-state index in [1.807, 2.05) is 0 Å². The third-order valence-electron chi connectivity index (χ3n) is 2.96. The van der Waals surface area contributed by atoms with Gasteiger partial charge in [-0.05, 0) is 29.7 Å². The minimum Gasteiger partial charge on any atom is -0.264 e. The van der Waals surface area contributed by atoms with Crippen LogP contribution in [0.15, 0.2) is 30.7 Å². The molecule has 0 atom stereocenters. The number of alkyl halides is 6. The summed E-state index contributed by atoms with van der Waals surface area (Å²) in [7, 11) is 0. The summed E-state index contributed by atoms with van der Waals surface area (Å²) < 4.78 is 77.4. The van der Waals surface area contributed by atoms with Crippen molar-refractivity contribution in [2.24, 2.45) is 0 Å². The first-order valence-electron chi connectivity index (χ1n) is 6.12. The Morgan fingerprint density at radius 3 is 2.23 bits per heavy atom. The van der Waals surface area contributed by atoms with Gasteiger partial charge in [0.15, 0.2) is 0 Å². The highest BCUT2D eigenvalue weighted by molar-refractivity contribution is 5.36. The van der Waals surface area contributed by atoms with Crippen molar-refractivity contribution in [1.82, 2.24) is 9.97 Å². The molecule has 0 unspecified atom stereocenters. The summed E-state index contributed by atoms with van der Waals surface area (Å²) >= 11 is 0. The van der Waals surface area contributed by atoms with E-state index in [1.165, 1.54) is 13.0 Å². The van der Waals surface area contributed by atoms with Crippen LogP contribution in [0, 0.1) is 6.92 Å². The quantitative estimate of drug-likeness (QED) is 0.766. The summed E-state index contributed by atoms with van der Waals surface area (Å²) in [6.45, 7) is 1.52. The van der Waals surface area contributed by atoms with Crippen LogP contribution in [-0.4, -0.2) is 9.97 Å². The van der Waals surface area contributed by atoms with Gasteiger partial charge in [-0.25, -0.2) is 0 Å². The van der Waals surface area contributed by atoms with Gasteiger partial charge in [-0.15, -0.1) is 0 Å². The molecule has 2 nitrogen and oxygen atoms in total. The zero-order valence-electron chi connectivity index (χ0n) is 11.3. The molecular formula is C14H10F6N2. The van der Waals surface area contributed by atoms with E-state index in [1.54, 1.807) is 0 Å². The number of hydrogen-bond donors (Lipinski definition) is 0. The maximum absolute atomic E-state index is 12.9. The Bertz CT molecular complexity index is 676. The highest BCUT2D eigenvalue weighted by Crippen LogP contribution is 2.35. The first-order chi connectivity index (χ1) is 10.1. The first-order valence-corrected chi connectivity index (χ1v) is 6.12. The van der Waals surface area contributed by atoms with Gasteiger partial charge in [-0.2, -0.15) is 26.3 Å². The van der Waals surface area contributed by atoms with Gasteiger partial charge >= 0.3 is 12.4 Å². The van der Waals surface area contributed by atoms with E-state index in [0.717, 1.165) is 24.7 Å². The number of rotatable bonds is 2. The van der Waals surface area contributed by atoms with E-state index < -0.39 is 30.0 Å². The van der Waals surface area contributed by atoms with Crippen LogP contribution in [0.1, 0.15) is 27.9 Å². The third-order valence-corrected chi connectivity index (χ3v) is 2.96. The molecule has 0 spiro atoms. The maximum Gasteiger partial charge on any atom is 0.433 e. The molecule has 22 heavy (non-hydrogen) atoms. The van der Waals surface area contributed by atoms with E-state index in [-0.39, 0.29) is 11.1 Å². The molecule has 0 aliphatic carbocycles. The lowest BCUT2D eigenvalue weighted by Gasteiger charge is -2.15. The van der Waals surface area contributed by atoms with Gasteiger partial charge in [0.05, 0.1) is 5.56 Å². The fraction of sp³-hybridized carbons (Fsp3) is 0.286. The average molecular weight is 320 g/mol. The van der Waals surface area contributed by atoms with Crippen LogP contribution >= 0.6 is 0 Å². The number of halogens is 6. The molecule has 2 aromatic rings. The maximum atomic E-state index is 12.9. The average Bonchev–Trinajstić information content (AvgIpc) is 2.36. The molecule has 0 saturated heterocycles. The summed E-state index contributed by atoms with van der Waals surface area (Å²) in [4.78, 5) is 6.88. The molecule has 8 heteroatoms. The van der Waals surface area contributed by atoms with Crippen LogP contribution in [0.2, 0.25) is 0 Å². The third kappa shape index (κ3) is 3.55. The van der Waals surface area contributed by atoms with Crippen LogP contribution < -0.4 is 0 Å². The second-order valence-corrected chi connectivity index (χ2v) is 4.73. The van der Waals surface area contributed by atoms with Crippen molar-refractivity contribution in [3.05, 3.63) is 58.7 Å². The smallest absolute Gasteiger partial charge is 0.264 e. The van der Waals surface area contributed by atoms with Crippen molar-refractivity contribution in [2.75, 3.05) is 0 Å². The summed E-state index contributed by atoms with van der Waals surface area (Å²) in [6.07, 6.45) is -7.04. The molecule has 118 valence electrons. The molecule has 2 rings (SSSR count). The van der Waals surface area contributed by atoms with Crippen LogP contribution in [-0.2, 0) is 18.8 Å². The van der Waals surface area contributed by atoms with Gasteiger partial charge in [-0.1, -0.05) is 6.07 Å². The zero-order valence-corrected chi connectivity index (χ0v) is 11.3. The van der Waals surface area contributed by atoms with Crippen LogP contribution in [0.3, 0.4) is 0 Å². The summed E-state index contributed by atoms with van der Waals surface area (Å²) in [5.74, 6) is 0. The topological polar surface area (TPSA) is 25.8 Å². The van der Waals surface area contributed by atoms with Crippen molar-refractivity contribution in [3.8, 4) is 0 Å². The molecule has 0 amide bonds. The fourth-order valence-electron chi connectivity index (χ4n) is 2.07. The Labute approximate surface area is 121 Å². The Kier molecular flexibility index (Phi) is 4.12. The van der Waals surface area contributed by atoms with E-state index in [9.17, 15) is 26.3 Å². The van der Waals surface area contributed by atoms with Crippen molar-refractivity contribution in [3.63, 3.8) is 0 Å². The molecule has 0 bridgehead atoms. The predicted molar refractivity (Wildman–Crippen MR) is 66.0 cm³/mol. The van der Waals surface area contributed by atoms with E-state index in [0.29, 0.717) is 5.56 Å². The van der Waals surface area contributed by atoms with Gasteiger partial charge < -0.3 is 0 Å². The molecule has 0 radical (unpaired) electrons. The molecule has 0 aromatic carbocycles. The molecular weight excluding hydrogens is 310 g/mol. The zero-order chi connectivity index (χ0) is 16.5. The molecule has 2 heterocycles.